The van der Waals surface area contributed by atoms with Crippen molar-refractivity contribution in [3.63, 3.8) is 0 Å². The van der Waals surface area contributed by atoms with E-state index in [0.29, 0.717) is 22.3 Å². The Morgan fingerprint density at radius 3 is 2.62 bits per heavy atom. The van der Waals surface area contributed by atoms with Gasteiger partial charge in [-0.3, -0.25) is 0 Å². The summed E-state index contributed by atoms with van der Waals surface area (Å²) < 4.78 is 5.24. The lowest BCUT2D eigenvalue weighted by Crippen LogP contribution is -2.38. The summed E-state index contributed by atoms with van der Waals surface area (Å²) in [6.07, 6.45) is 0.551. The molecule has 3 N–H and O–H groups in total. The smallest absolute Gasteiger partial charge is 0.315 e. The number of ether oxygens (including phenoxy) is 1. The molecule has 0 aliphatic rings. The van der Waals surface area contributed by atoms with Crippen LogP contribution in [0, 0.1) is 0 Å². The third-order valence-electron chi connectivity index (χ3n) is 5.09. The number of benzene rings is 3. The molecule has 6 nitrogen and oxygen atoms in total. The van der Waals surface area contributed by atoms with Crippen molar-refractivity contribution in [2.75, 3.05) is 7.11 Å². The molecule has 0 aliphatic heterocycles. The van der Waals surface area contributed by atoms with Gasteiger partial charge in [-0.15, -0.1) is 0 Å². The van der Waals surface area contributed by atoms with Gasteiger partial charge < -0.3 is 20.4 Å². The molecule has 0 fully saturated rings. The van der Waals surface area contributed by atoms with Gasteiger partial charge in [-0.05, 0) is 60.0 Å². The molecule has 4 rings (SSSR count). The van der Waals surface area contributed by atoms with Crippen LogP contribution in [-0.4, -0.2) is 23.1 Å². The highest BCUT2D eigenvalue weighted by Gasteiger charge is 2.19. The van der Waals surface area contributed by atoms with Gasteiger partial charge in [-0.1, -0.05) is 47.5 Å². The van der Waals surface area contributed by atoms with Gasteiger partial charge in [0.2, 0.25) is 0 Å². The SMILES string of the molecule is COc1ccc(C[C@@H](NC(=O)NCc2cc(Cl)ccc2Cl)c2nc3ccccc3[nH]2)cc1. The topological polar surface area (TPSA) is 79.0 Å². The Labute approximate surface area is 195 Å². The minimum Gasteiger partial charge on any atom is -0.497 e. The summed E-state index contributed by atoms with van der Waals surface area (Å²) in [6, 6.07) is 19.9. The highest BCUT2D eigenvalue weighted by atomic mass is 35.5. The van der Waals surface area contributed by atoms with Crippen LogP contribution in [0.3, 0.4) is 0 Å². The molecule has 0 radical (unpaired) electrons. The fraction of sp³-hybridized carbons (Fsp3) is 0.167. The van der Waals surface area contributed by atoms with E-state index in [9.17, 15) is 4.79 Å². The highest BCUT2D eigenvalue weighted by molar-refractivity contribution is 6.33. The van der Waals surface area contributed by atoms with E-state index in [1.165, 1.54) is 0 Å². The van der Waals surface area contributed by atoms with Crippen molar-refractivity contribution in [2.24, 2.45) is 0 Å². The lowest BCUT2D eigenvalue weighted by molar-refractivity contribution is 0.236. The monoisotopic (exact) mass is 468 g/mol. The van der Waals surface area contributed by atoms with Crippen molar-refractivity contribution in [1.82, 2.24) is 20.6 Å². The molecule has 1 atom stereocenters. The summed E-state index contributed by atoms with van der Waals surface area (Å²) >= 11 is 12.2. The minimum atomic E-state index is -0.370. The lowest BCUT2D eigenvalue weighted by Gasteiger charge is -2.18. The standard InChI is InChI=1S/C24H22Cl2N4O2/c1-32-18-9-6-15(7-10-18)12-22(23-28-20-4-2-3-5-21(20)29-23)30-24(31)27-14-16-13-17(25)8-11-19(16)26/h2-11,13,22H,12,14H2,1H3,(H,28,29)(H2,27,30,31)/t22-/m1/s1. The van der Waals surface area contributed by atoms with E-state index in [1.54, 1.807) is 25.3 Å². The average Bonchev–Trinajstić information content (AvgIpc) is 3.24. The number of amides is 2. The Balaban J connectivity index is 1.52. The second kappa shape index (κ2) is 9.94. The molecule has 0 unspecified atom stereocenters. The van der Waals surface area contributed by atoms with Gasteiger partial charge in [0.25, 0.3) is 0 Å². The number of methoxy groups -OCH3 is 1. The number of rotatable bonds is 7. The third-order valence-corrected chi connectivity index (χ3v) is 5.69. The number of aromatic amines is 1. The molecule has 4 aromatic rings. The van der Waals surface area contributed by atoms with Crippen molar-refractivity contribution < 1.29 is 9.53 Å². The number of hydrogen-bond donors (Lipinski definition) is 3. The van der Waals surface area contributed by atoms with Crippen LogP contribution >= 0.6 is 23.2 Å². The largest absolute Gasteiger partial charge is 0.497 e. The summed E-state index contributed by atoms with van der Waals surface area (Å²) in [5.74, 6) is 1.45. The Hall–Kier alpha value is -3.22. The second-order valence-electron chi connectivity index (χ2n) is 7.31. The summed E-state index contributed by atoms with van der Waals surface area (Å²) in [4.78, 5) is 20.7. The van der Waals surface area contributed by atoms with Crippen molar-refractivity contribution in [2.45, 2.75) is 19.0 Å². The van der Waals surface area contributed by atoms with E-state index in [0.717, 1.165) is 27.9 Å². The molecule has 0 saturated carbocycles. The number of carbonyl (C=O) groups excluding carboxylic acids is 1. The van der Waals surface area contributed by atoms with Gasteiger partial charge >= 0.3 is 6.03 Å². The van der Waals surface area contributed by atoms with E-state index in [-0.39, 0.29) is 18.6 Å². The fourth-order valence-corrected chi connectivity index (χ4v) is 3.79. The maximum absolute atomic E-state index is 12.7. The first-order chi connectivity index (χ1) is 15.5. The van der Waals surface area contributed by atoms with Gasteiger partial charge in [-0.25, -0.2) is 9.78 Å². The Kier molecular flexibility index (Phi) is 6.83. The molecule has 0 saturated heterocycles. The maximum atomic E-state index is 12.7. The maximum Gasteiger partial charge on any atom is 0.315 e. The van der Waals surface area contributed by atoms with Crippen LogP contribution < -0.4 is 15.4 Å². The number of H-pyrrole nitrogens is 1. The van der Waals surface area contributed by atoms with E-state index in [2.05, 4.69) is 20.6 Å². The van der Waals surface area contributed by atoms with E-state index in [4.69, 9.17) is 27.9 Å². The van der Waals surface area contributed by atoms with E-state index in [1.807, 2.05) is 48.5 Å². The normalized spacial score (nSPS) is 11.8. The number of halogens is 2. The first-order valence-electron chi connectivity index (χ1n) is 10.1. The molecular weight excluding hydrogens is 447 g/mol. The fourth-order valence-electron chi connectivity index (χ4n) is 3.41. The zero-order valence-corrected chi connectivity index (χ0v) is 18.9. The Morgan fingerprint density at radius 2 is 1.88 bits per heavy atom. The number of urea groups is 1. The molecule has 3 aromatic carbocycles. The molecule has 1 heterocycles. The summed E-state index contributed by atoms with van der Waals surface area (Å²) in [6.45, 7) is 0.251. The average molecular weight is 469 g/mol. The van der Waals surface area contributed by atoms with E-state index >= 15 is 0 Å². The van der Waals surface area contributed by atoms with E-state index < -0.39 is 0 Å². The van der Waals surface area contributed by atoms with Crippen molar-refractivity contribution >= 4 is 40.3 Å². The van der Waals surface area contributed by atoms with Crippen molar-refractivity contribution in [3.8, 4) is 5.75 Å². The third kappa shape index (κ3) is 5.33. The molecule has 0 bridgehead atoms. The molecule has 164 valence electrons. The predicted octanol–water partition coefficient (Wildman–Crippen LogP) is 5.66. The molecule has 8 heteroatoms. The number of imidazole rings is 1. The van der Waals surface area contributed by atoms with Crippen LogP contribution in [0.15, 0.2) is 66.7 Å². The summed E-state index contributed by atoms with van der Waals surface area (Å²) in [7, 11) is 1.63. The van der Waals surface area contributed by atoms with Crippen LogP contribution in [-0.2, 0) is 13.0 Å². The first kappa shape index (κ1) is 22.0. The number of nitrogens with one attached hydrogen (secondary N) is 3. The Morgan fingerprint density at radius 1 is 1.09 bits per heavy atom. The van der Waals surface area contributed by atoms with Gasteiger partial charge in [0.15, 0.2) is 0 Å². The van der Waals surface area contributed by atoms with Crippen LogP contribution in [0.25, 0.3) is 11.0 Å². The van der Waals surface area contributed by atoms with Crippen LogP contribution in [0.5, 0.6) is 5.75 Å². The van der Waals surface area contributed by atoms with Crippen molar-refractivity contribution in [3.05, 3.63) is 93.7 Å². The van der Waals surface area contributed by atoms with Crippen LogP contribution in [0.2, 0.25) is 10.0 Å². The molecule has 0 aliphatic carbocycles. The van der Waals surface area contributed by atoms with Crippen LogP contribution in [0.1, 0.15) is 23.0 Å². The number of nitrogens with zero attached hydrogens (tertiary/aromatic N) is 1. The van der Waals surface area contributed by atoms with Gasteiger partial charge in [-0.2, -0.15) is 0 Å². The summed E-state index contributed by atoms with van der Waals surface area (Å²) in [5, 5.41) is 6.98. The molecule has 1 aromatic heterocycles. The second-order valence-corrected chi connectivity index (χ2v) is 8.15. The zero-order chi connectivity index (χ0) is 22.5. The van der Waals surface area contributed by atoms with Gasteiger partial charge in [0.1, 0.15) is 11.6 Å². The molecule has 0 spiro atoms. The number of aromatic nitrogens is 2. The van der Waals surface area contributed by atoms with Crippen molar-refractivity contribution in [1.29, 1.82) is 0 Å². The number of fused-ring (bicyclic) bond motifs is 1. The zero-order valence-electron chi connectivity index (χ0n) is 17.4. The Bertz CT molecular complexity index is 1190. The van der Waals surface area contributed by atoms with Gasteiger partial charge in [0, 0.05) is 16.6 Å². The lowest BCUT2D eigenvalue weighted by atomic mass is 10.1. The number of hydrogen-bond acceptors (Lipinski definition) is 3. The molecular formula is C24H22Cl2N4O2. The first-order valence-corrected chi connectivity index (χ1v) is 10.8. The molecule has 2 amide bonds. The summed E-state index contributed by atoms with van der Waals surface area (Å²) in [5.41, 5.74) is 3.53. The minimum absolute atomic E-state index is 0.251. The highest BCUT2D eigenvalue weighted by Crippen LogP contribution is 2.22. The predicted molar refractivity (Wildman–Crippen MR) is 127 cm³/mol. The van der Waals surface area contributed by atoms with Gasteiger partial charge in [0.05, 0.1) is 24.2 Å². The number of carbonyl (C=O) groups is 1. The number of para-hydroxylation sites is 2. The quantitative estimate of drug-likeness (QED) is 0.327. The molecule has 32 heavy (non-hydrogen) atoms. The van der Waals surface area contributed by atoms with Crippen LogP contribution in [0.4, 0.5) is 4.79 Å².